The molecule has 0 aromatic carbocycles. The molecule has 1 aromatic rings. The number of nitriles is 1. The van der Waals surface area contributed by atoms with Crippen molar-refractivity contribution in [1.82, 2.24) is 4.90 Å². The Labute approximate surface area is 160 Å². The third kappa shape index (κ3) is 4.85. The number of carbonyl (C=O) groups excluding carboxylic acids is 1. The number of piperidine rings is 1. The summed E-state index contributed by atoms with van der Waals surface area (Å²) in [5, 5.41) is 13.1. The smallest absolute Gasteiger partial charge is 0.226 e. The number of aryl methyl sites for hydroxylation is 1. The van der Waals surface area contributed by atoms with Crippen LogP contribution in [0.2, 0.25) is 0 Å². The monoisotopic (exact) mass is 375 g/mol. The number of ether oxygens (including phenoxy) is 1. The van der Waals surface area contributed by atoms with Gasteiger partial charge in [-0.05, 0) is 43.6 Å². The van der Waals surface area contributed by atoms with E-state index in [0.29, 0.717) is 24.0 Å². The first-order chi connectivity index (χ1) is 12.6. The van der Waals surface area contributed by atoms with Gasteiger partial charge in [-0.15, -0.1) is 11.3 Å². The molecule has 0 unspecified atom stereocenters. The summed E-state index contributed by atoms with van der Waals surface area (Å²) in [5.41, 5.74) is 1.86. The summed E-state index contributed by atoms with van der Waals surface area (Å²) >= 11 is 1.59. The van der Waals surface area contributed by atoms with Gasteiger partial charge in [-0.3, -0.25) is 4.79 Å². The zero-order valence-corrected chi connectivity index (χ0v) is 16.7. The number of anilines is 1. The van der Waals surface area contributed by atoms with Crippen molar-refractivity contribution in [3.63, 3.8) is 0 Å². The Hall–Kier alpha value is -1.42. The highest BCUT2D eigenvalue weighted by Crippen LogP contribution is 2.38. The van der Waals surface area contributed by atoms with Gasteiger partial charge in [-0.25, -0.2) is 0 Å². The van der Waals surface area contributed by atoms with Gasteiger partial charge < -0.3 is 15.0 Å². The second kappa shape index (κ2) is 8.98. The Bertz CT molecular complexity index is 669. The van der Waals surface area contributed by atoms with Gasteiger partial charge in [0.1, 0.15) is 11.1 Å². The minimum atomic E-state index is 0.0135. The van der Waals surface area contributed by atoms with E-state index in [0.717, 1.165) is 68.9 Å². The van der Waals surface area contributed by atoms with Crippen molar-refractivity contribution in [2.24, 2.45) is 5.92 Å². The molecule has 1 aromatic heterocycles. The van der Waals surface area contributed by atoms with E-state index in [1.165, 1.54) is 4.88 Å². The number of rotatable bonds is 7. The van der Waals surface area contributed by atoms with E-state index in [1.807, 2.05) is 0 Å². The van der Waals surface area contributed by atoms with Crippen LogP contribution in [0.3, 0.4) is 0 Å². The van der Waals surface area contributed by atoms with Crippen LogP contribution in [0.15, 0.2) is 0 Å². The molecule has 5 nitrogen and oxygen atoms in total. The van der Waals surface area contributed by atoms with Crippen molar-refractivity contribution < 1.29 is 9.53 Å². The molecular weight excluding hydrogens is 346 g/mol. The minimum absolute atomic E-state index is 0.0135. The quantitative estimate of drug-likeness (QED) is 0.791. The van der Waals surface area contributed by atoms with Gasteiger partial charge in [-0.2, -0.15) is 5.26 Å². The molecule has 142 valence electrons. The topological polar surface area (TPSA) is 65.4 Å². The van der Waals surface area contributed by atoms with Crippen LogP contribution in [0.25, 0.3) is 0 Å². The van der Waals surface area contributed by atoms with Crippen molar-refractivity contribution >= 4 is 22.2 Å². The van der Waals surface area contributed by atoms with Crippen molar-refractivity contribution in [3.8, 4) is 6.07 Å². The predicted octanol–water partition coefficient (Wildman–Crippen LogP) is 3.57. The predicted molar refractivity (Wildman–Crippen MR) is 105 cm³/mol. The fourth-order valence-corrected chi connectivity index (χ4v) is 4.94. The number of thiophene rings is 1. The highest BCUT2D eigenvalue weighted by atomic mass is 32.1. The van der Waals surface area contributed by atoms with Gasteiger partial charge in [0.2, 0.25) is 5.91 Å². The first kappa shape index (κ1) is 19.3. The van der Waals surface area contributed by atoms with Crippen molar-refractivity contribution in [3.05, 3.63) is 16.0 Å². The van der Waals surface area contributed by atoms with Gasteiger partial charge in [-0.1, -0.05) is 13.8 Å². The van der Waals surface area contributed by atoms with Crippen LogP contribution in [-0.4, -0.2) is 43.2 Å². The minimum Gasteiger partial charge on any atom is -0.378 e. The van der Waals surface area contributed by atoms with Gasteiger partial charge >= 0.3 is 0 Å². The van der Waals surface area contributed by atoms with Crippen molar-refractivity contribution in [2.75, 3.05) is 31.6 Å². The maximum absolute atomic E-state index is 12.3. The Morgan fingerprint density at radius 3 is 2.85 bits per heavy atom. The fourth-order valence-electron chi connectivity index (χ4n) is 3.69. The molecule has 2 heterocycles. The first-order valence-electron chi connectivity index (χ1n) is 9.75. The molecule has 26 heavy (non-hydrogen) atoms. The summed E-state index contributed by atoms with van der Waals surface area (Å²) in [6.07, 6.45) is 6.08. The number of carbonyl (C=O) groups is 1. The largest absolute Gasteiger partial charge is 0.378 e. The van der Waals surface area contributed by atoms with E-state index in [9.17, 15) is 10.1 Å². The van der Waals surface area contributed by atoms with Crippen LogP contribution >= 0.6 is 11.3 Å². The second-order valence-electron chi connectivity index (χ2n) is 7.74. The van der Waals surface area contributed by atoms with Gasteiger partial charge in [0, 0.05) is 37.5 Å². The summed E-state index contributed by atoms with van der Waals surface area (Å²) in [6.45, 7) is 7.94. The molecule has 0 radical (unpaired) electrons. The summed E-state index contributed by atoms with van der Waals surface area (Å²) in [5.74, 6) is 0.591. The fraction of sp³-hybridized carbons (Fsp3) is 0.700. The van der Waals surface area contributed by atoms with Crippen LogP contribution in [-0.2, 0) is 22.4 Å². The summed E-state index contributed by atoms with van der Waals surface area (Å²) in [4.78, 5) is 15.9. The molecule has 2 aliphatic rings. The molecule has 3 rings (SSSR count). The maximum Gasteiger partial charge on any atom is 0.226 e. The van der Waals surface area contributed by atoms with Crippen LogP contribution in [0.1, 0.15) is 55.5 Å². The normalized spacial score (nSPS) is 18.1. The molecule has 0 atom stereocenters. The summed E-state index contributed by atoms with van der Waals surface area (Å²) in [6, 6.07) is 2.28. The number of nitrogens with one attached hydrogen (secondary N) is 1. The molecule has 0 saturated carbocycles. The lowest BCUT2D eigenvalue weighted by Gasteiger charge is -2.32. The number of amides is 1. The van der Waals surface area contributed by atoms with Gasteiger partial charge in [0.15, 0.2) is 0 Å². The van der Waals surface area contributed by atoms with Gasteiger partial charge in [0.25, 0.3) is 0 Å². The highest BCUT2D eigenvalue weighted by Gasteiger charge is 2.24. The van der Waals surface area contributed by atoms with Crippen LogP contribution in [0, 0.1) is 17.2 Å². The third-order valence-electron chi connectivity index (χ3n) is 5.14. The first-order valence-corrected chi connectivity index (χ1v) is 10.6. The SMILES string of the molecule is CC(C)COC1CCN(CCC(=O)Nc2sc3c(c2C#N)CCC3)CC1. The van der Waals surface area contributed by atoms with Crippen LogP contribution in [0.5, 0.6) is 0 Å². The number of nitrogens with zero attached hydrogens (tertiary/aromatic N) is 2. The molecule has 0 spiro atoms. The Morgan fingerprint density at radius 1 is 1.38 bits per heavy atom. The van der Waals surface area contributed by atoms with Crippen LogP contribution < -0.4 is 5.32 Å². The standard InChI is InChI=1S/C20H29N3O2S/c1-14(2)13-25-15-6-9-23(10-7-15)11-8-19(24)22-20-17(12-21)16-4-3-5-18(16)26-20/h14-15H,3-11,13H2,1-2H3,(H,22,24). The van der Waals surface area contributed by atoms with Crippen molar-refractivity contribution in [2.45, 2.75) is 58.5 Å². The number of hydrogen-bond donors (Lipinski definition) is 1. The molecule has 1 aliphatic heterocycles. The zero-order valence-electron chi connectivity index (χ0n) is 15.8. The Morgan fingerprint density at radius 2 is 2.15 bits per heavy atom. The molecule has 1 amide bonds. The molecular formula is C20H29N3O2S. The number of fused-ring (bicyclic) bond motifs is 1. The number of likely N-dealkylation sites (tertiary alicyclic amines) is 1. The molecule has 1 fully saturated rings. The third-order valence-corrected chi connectivity index (χ3v) is 6.35. The van der Waals surface area contributed by atoms with E-state index in [-0.39, 0.29) is 5.91 Å². The lowest BCUT2D eigenvalue weighted by Crippen LogP contribution is -2.38. The summed E-state index contributed by atoms with van der Waals surface area (Å²) in [7, 11) is 0. The van der Waals surface area contributed by atoms with E-state index in [2.05, 4.69) is 30.1 Å². The highest BCUT2D eigenvalue weighted by molar-refractivity contribution is 7.16. The zero-order chi connectivity index (χ0) is 18.5. The Balaban J connectivity index is 1.41. The average molecular weight is 376 g/mol. The van der Waals surface area contributed by atoms with Crippen molar-refractivity contribution in [1.29, 1.82) is 5.26 Å². The molecule has 6 heteroatoms. The lowest BCUT2D eigenvalue weighted by molar-refractivity contribution is -0.116. The van der Waals surface area contributed by atoms with E-state index < -0.39 is 0 Å². The molecule has 1 N–H and O–H groups in total. The lowest BCUT2D eigenvalue weighted by atomic mass is 10.1. The number of hydrogen-bond acceptors (Lipinski definition) is 5. The van der Waals surface area contributed by atoms with E-state index in [1.54, 1.807) is 11.3 Å². The molecule has 1 saturated heterocycles. The van der Waals surface area contributed by atoms with E-state index >= 15 is 0 Å². The van der Waals surface area contributed by atoms with Gasteiger partial charge in [0.05, 0.1) is 11.7 Å². The van der Waals surface area contributed by atoms with Crippen LogP contribution in [0.4, 0.5) is 5.00 Å². The molecule has 0 bridgehead atoms. The summed E-state index contributed by atoms with van der Waals surface area (Å²) < 4.78 is 5.92. The average Bonchev–Trinajstić information content (AvgIpc) is 3.19. The second-order valence-corrected chi connectivity index (χ2v) is 8.84. The van der Waals surface area contributed by atoms with E-state index in [4.69, 9.17) is 4.74 Å². The maximum atomic E-state index is 12.3. The Kier molecular flexibility index (Phi) is 6.68. The molecule has 1 aliphatic carbocycles.